The zero-order valence-electron chi connectivity index (χ0n) is 52.0. The maximum atomic E-state index is 12.4. The largest absolute Gasteiger partial charge is 0.465 e. The molecule has 0 aliphatic heterocycles. The SMILES string of the molecule is CC(C)(I)C(=O)OCCCOC(=O)c1ccc([S+](c2ccccc2)c2ccccc2)cc1.CC(C)(I)C(=O)OCCOC(=O)c1ccc([S+](c2ccccc2)c2ccccc2)cc1.CC(I)C(=O)OCCOC(=O)c1ccc([S+](c2ccccc2)c2ccccc2)cc1. The molecule has 9 aromatic carbocycles. The second-order valence-electron chi connectivity index (χ2n) is 21.1. The smallest absolute Gasteiger partial charge is 0.338 e. The number of alkyl halides is 3. The number of carbonyl (C=O) groups excluding carboxylic acids is 6. The Morgan fingerprint density at radius 2 is 0.516 bits per heavy atom. The molecule has 1 unspecified atom stereocenters. The third-order valence-electron chi connectivity index (χ3n) is 13.0. The van der Waals surface area contributed by atoms with E-state index in [0.717, 1.165) is 14.7 Å². The molecule has 480 valence electrons. The van der Waals surface area contributed by atoms with E-state index in [0.29, 0.717) is 23.1 Å². The number of hydrogen-bond donors (Lipinski definition) is 0. The molecule has 0 aromatic heterocycles. The lowest BCUT2D eigenvalue weighted by Crippen LogP contribution is -2.28. The summed E-state index contributed by atoms with van der Waals surface area (Å²) in [4.78, 5) is 82.6. The van der Waals surface area contributed by atoms with Crippen molar-refractivity contribution in [1.29, 1.82) is 0 Å². The lowest BCUT2D eigenvalue weighted by molar-refractivity contribution is -0.146. The molecule has 0 saturated heterocycles. The molecule has 0 radical (unpaired) electrons. The number of hydrogen-bond acceptors (Lipinski definition) is 12. The molecule has 12 nitrogen and oxygen atoms in total. The van der Waals surface area contributed by atoms with Crippen LogP contribution in [0.3, 0.4) is 0 Å². The lowest BCUT2D eigenvalue weighted by Gasteiger charge is -2.14. The molecule has 0 amide bonds. The summed E-state index contributed by atoms with van der Waals surface area (Å²) in [5, 5.41) is 0. The minimum atomic E-state index is -0.605. The highest BCUT2D eigenvalue weighted by molar-refractivity contribution is 14.1. The molecular weight excluding hydrogens is 1570 g/mol. The van der Waals surface area contributed by atoms with Crippen molar-refractivity contribution in [3.63, 3.8) is 0 Å². The van der Waals surface area contributed by atoms with Crippen LogP contribution in [0.1, 0.15) is 72.1 Å². The maximum Gasteiger partial charge on any atom is 0.338 e. The predicted molar refractivity (Wildman–Crippen MR) is 392 cm³/mol. The standard InChI is InChI=1S/C26H26IO4S.C25H24IO4S.C24H22IO4S/c1-26(2,27)25(29)31-19-9-18-30-24(28)20-14-16-23(17-15-20)32(21-10-5-3-6-11-21)22-12-7-4-8-13-22;1-25(2,26)24(28)30-18-17-29-23(27)19-13-15-22(16-14-19)31(20-9-5-3-6-10-20)21-11-7-4-8-12-21;1-18(25)23(26)28-16-17-29-24(27)19-12-14-22(15-13-19)30(20-8-4-2-5-9-20)21-10-6-3-7-11-21/h3-8,10-17H,9,18-19H2,1-2H3;3-16H,17-18H2,1-2H3;2-15,18H,16-17H2,1H3/q3*+1. The van der Waals surface area contributed by atoms with Crippen molar-refractivity contribution < 1.29 is 57.2 Å². The van der Waals surface area contributed by atoms with Gasteiger partial charge in [0, 0.05) is 6.42 Å². The summed E-state index contributed by atoms with van der Waals surface area (Å²) >= 11 is 6.03. The van der Waals surface area contributed by atoms with Crippen LogP contribution in [0.25, 0.3) is 0 Å². The first kappa shape index (κ1) is 73.5. The molecule has 93 heavy (non-hydrogen) atoms. The summed E-state index contributed by atoms with van der Waals surface area (Å²) in [6.07, 6.45) is 0.466. The first-order valence-corrected chi connectivity index (χ1v) is 36.7. The molecule has 0 fully saturated rings. The number of rotatable bonds is 25. The molecule has 0 aliphatic rings. The van der Waals surface area contributed by atoms with Gasteiger partial charge in [0.05, 0.1) is 62.6 Å². The van der Waals surface area contributed by atoms with Crippen LogP contribution in [0.15, 0.2) is 299 Å². The van der Waals surface area contributed by atoms with Crippen LogP contribution >= 0.6 is 67.8 Å². The molecular formula is C75H72I3O12S3+3. The van der Waals surface area contributed by atoms with Gasteiger partial charge in [-0.05, 0) is 180 Å². The summed E-state index contributed by atoms with van der Waals surface area (Å²) in [6, 6.07) is 84.6. The Bertz CT molecular complexity index is 3650. The Morgan fingerprint density at radius 3 is 0.763 bits per heavy atom. The third kappa shape index (κ3) is 23.8. The Morgan fingerprint density at radius 1 is 0.312 bits per heavy atom. The fourth-order valence-corrected chi connectivity index (χ4v) is 15.1. The Kier molecular flexibility index (Phi) is 29.9. The second kappa shape index (κ2) is 37.8. The van der Waals surface area contributed by atoms with Crippen molar-refractivity contribution in [2.45, 2.75) is 95.9 Å². The third-order valence-corrected chi connectivity index (χ3v) is 21.1. The van der Waals surface area contributed by atoms with Crippen molar-refractivity contribution in [3.8, 4) is 0 Å². The number of carbonyl (C=O) groups is 6. The number of esters is 6. The summed E-state index contributed by atoms with van der Waals surface area (Å²) in [7, 11) is -0.788. The van der Waals surface area contributed by atoms with Crippen molar-refractivity contribution in [3.05, 3.63) is 271 Å². The first-order valence-electron chi connectivity index (χ1n) is 29.7. The molecule has 0 aliphatic carbocycles. The van der Waals surface area contributed by atoms with E-state index in [2.05, 4.69) is 72.8 Å². The average Bonchev–Trinajstić information content (AvgIpc) is 0.999. The van der Waals surface area contributed by atoms with Gasteiger partial charge in [0.25, 0.3) is 0 Å². The van der Waals surface area contributed by atoms with Crippen LogP contribution in [-0.2, 0) is 75.5 Å². The number of benzene rings is 9. The maximum absolute atomic E-state index is 12.4. The summed E-state index contributed by atoms with van der Waals surface area (Å²) in [5.41, 5.74) is 1.44. The lowest BCUT2D eigenvalue weighted by atomic mass is 10.2. The van der Waals surface area contributed by atoms with Gasteiger partial charge in [0.2, 0.25) is 0 Å². The van der Waals surface area contributed by atoms with Crippen molar-refractivity contribution in [2.75, 3.05) is 39.6 Å². The monoisotopic (exact) mass is 1640 g/mol. The van der Waals surface area contributed by atoms with Crippen LogP contribution < -0.4 is 0 Å². The van der Waals surface area contributed by atoms with E-state index in [4.69, 9.17) is 28.4 Å². The van der Waals surface area contributed by atoms with Crippen LogP contribution in [0.5, 0.6) is 0 Å². The fraction of sp³-hybridized carbons (Fsp3) is 0.200. The van der Waals surface area contributed by atoms with E-state index in [1.54, 1.807) is 58.9 Å². The van der Waals surface area contributed by atoms with E-state index >= 15 is 0 Å². The molecule has 0 heterocycles. The van der Waals surface area contributed by atoms with E-state index in [1.165, 1.54) is 29.4 Å². The van der Waals surface area contributed by atoms with Crippen LogP contribution in [-0.4, -0.2) is 86.2 Å². The zero-order valence-corrected chi connectivity index (χ0v) is 61.0. The van der Waals surface area contributed by atoms with Gasteiger partial charge in [0.1, 0.15) is 37.2 Å². The van der Waals surface area contributed by atoms with Gasteiger partial charge < -0.3 is 28.4 Å². The molecule has 9 rings (SSSR count). The van der Waals surface area contributed by atoms with Gasteiger partial charge >= 0.3 is 35.8 Å². The predicted octanol–water partition coefficient (Wildman–Crippen LogP) is 17.1. The first-order chi connectivity index (χ1) is 44.8. The number of ether oxygens (including phenoxy) is 6. The van der Waals surface area contributed by atoms with Crippen molar-refractivity contribution in [1.82, 2.24) is 0 Å². The zero-order chi connectivity index (χ0) is 66.6. The van der Waals surface area contributed by atoms with Crippen molar-refractivity contribution in [2.24, 2.45) is 0 Å². The Labute approximate surface area is 594 Å². The number of halogens is 3. The summed E-state index contributed by atoms with van der Waals surface area (Å²) in [6.45, 7) is 9.45. The molecule has 0 bridgehead atoms. The highest BCUT2D eigenvalue weighted by atomic mass is 127. The topological polar surface area (TPSA) is 158 Å². The Hall–Kier alpha value is -6.96. The quantitative estimate of drug-likeness (QED) is 0.0133. The van der Waals surface area contributed by atoms with E-state index in [-0.39, 0.29) is 100 Å². The van der Waals surface area contributed by atoms with Gasteiger partial charge in [-0.25, -0.2) is 14.4 Å². The van der Waals surface area contributed by atoms with Gasteiger partial charge in [-0.2, -0.15) is 0 Å². The molecule has 0 saturated carbocycles. The van der Waals surface area contributed by atoms with E-state index < -0.39 is 18.8 Å². The average molecular weight is 1640 g/mol. The molecule has 0 spiro atoms. The van der Waals surface area contributed by atoms with Crippen molar-refractivity contribution >= 4 is 136 Å². The minimum Gasteiger partial charge on any atom is -0.465 e. The molecule has 0 N–H and O–H groups in total. The Balaban J connectivity index is 0.000000198. The molecule has 18 heteroatoms. The molecule has 9 aromatic rings. The van der Waals surface area contributed by atoms with Gasteiger partial charge in [-0.3, -0.25) is 14.4 Å². The van der Waals surface area contributed by atoms with Crippen LogP contribution in [0.4, 0.5) is 0 Å². The summed E-state index contributed by atoms with van der Waals surface area (Å²) in [5.74, 6) is -2.16. The summed E-state index contributed by atoms with van der Waals surface area (Å²) < 4.78 is 29.7. The fourth-order valence-electron chi connectivity index (χ4n) is 8.39. The highest BCUT2D eigenvalue weighted by Gasteiger charge is 2.32. The second-order valence-corrected chi connectivity index (χ2v) is 34.5. The van der Waals surface area contributed by atoms with Gasteiger partial charge in [-0.1, -0.05) is 177 Å². The van der Waals surface area contributed by atoms with E-state index in [1.807, 2.05) is 225 Å². The van der Waals surface area contributed by atoms with Gasteiger partial charge in [0.15, 0.2) is 44.1 Å². The molecule has 1 atom stereocenters. The normalized spacial score (nSPS) is 11.4. The van der Waals surface area contributed by atoms with Crippen LogP contribution in [0.2, 0.25) is 0 Å². The van der Waals surface area contributed by atoms with Gasteiger partial charge in [-0.15, -0.1) is 0 Å². The minimum absolute atomic E-state index is 0.0252. The van der Waals surface area contributed by atoms with E-state index in [9.17, 15) is 28.8 Å². The van der Waals surface area contributed by atoms with Crippen LogP contribution in [0, 0.1) is 0 Å². The highest BCUT2D eigenvalue weighted by Crippen LogP contribution is 2.34.